The lowest BCUT2D eigenvalue weighted by atomic mass is 10.2. The van der Waals surface area contributed by atoms with Gasteiger partial charge < -0.3 is 9.84 Å². The quantitative estimate of drug-likeness (QED) is 0.749. The molecule has 0 fully saturated rings. The largest absolute Gasteiger partial charge is 0.465 e. The third kappa shape index (κ3) is 2.40. The zero-order valence-corrected chi connectivity index (χ0v) is 8.00. The fourth-order valence-corrected chi connectivity index (χ4v) is 1.69. The van der Waals surface area contributed by atoms with Crippen molar-refractivity contribution in [2.45, 2.75) is 0 Å². The number of aliphatic hydroxyl groups is 1. The SMILES string of the molecule is COC(=O)c1sccc1/C=C/CO. The Kier molecular flexibility index (Phi) is 3.67. The van der Waals surface area contributed by atoms with Crippen molar-refractivity contribution in [2.24, 2.45) is 0 Å². The molecule has 0 saturated heterocycles. The normalized spacial score (nSPS) is 10.6. The summed E-state index contributed by atoms with van der Waals surface area (Å²) in [4.78, 5) is 11.7. The highest BCUT2D eigenvalue weighted by Gasteiger charge is 2.10. The second kappa shape index (κ2) is 4.79. The van der Waals surface area contributed by atoms with Gasteiger partial charge in [-0.15, -0.1) is 11.3 Å². The van der Waals surface area contributed by atoms with Crippen molar-refractivity contribution in [2.75, 3.05) is 13.7 Å². The summed E-state index contributed by atoms with van der Waals surface area (Å²) in [6, 6.07) is 1.81. The molecule has 3 nitrogen and oxygen atoms in total. The third-order valence-electron chi connectivity index (χ3n) is 1.47. The van der Waals surface area contributed by atoms with Gasteiger partial charge in [-0.2, -0.15) is 0 Å². The predicted molar refractivity (Wildman–Crippen MR) is 51.8 cm³/mol. The fraction of sp³-hybridized carbons (Fsp3) is 0.222. The maximum Gasteiger partial charge on any atom is 0.348 e. The predicted octanol–water partition coefficient (Wildman–Crippen LogP) is 1.54. The van der Waals surface area contributed by atoms with Crippen LogP contribution in [-0.4, -0.2) is 24.8 Å². The van der Waals surface area contributed by atoms with Crippen molar-refractivity contribution in [3.63, 3.8) is 0 Å². The van der Waals surface area contributed by atoms with E-state index in [1.54, 1.807) is 12.2 Å². The summed E-state index contributed by atoms with van der Waals surface area (Å²) < 4.78 is 4.59. The Balaban J connectivity index is 2.89. The molecule has 1 heterocycles. The molecule has 1 aromatic heterocycles. The van der Waals surface area contributed by atoms with Gasteiger partial charge >= 0.3 is 5.97 Å². The van der Waals surface area contributed by atoms with E-state index in [1.807, 2.05) is 11.4 Å². The van der Waals surface area contributed by atoms with Crippen molar-refractivity contribution in [1.82, 2.24) is 0 Å². The van der Waals surface area contributed by atoms with Crippen LogP contribution in [0.1, 0.15) is 15.2 Å². The molecule has 0 amide bonds. The molecule has 0 spiro atoms. The van der Waals surface area contributed by atoms with E-state index in [-0.39, 0.29) is 12.6 Å². The number of rotatable bonds is 3. The van der Waals surface area contributed by atoms with Gasteiger partial charge in [-0.3, -0.25) is 0 Å². The Morgan fingerprint density at radius 3 is 3.15 bits per heavy atom. The molecular weight excluding hydrogens is 188 g/mol. The molecule has 0 aliphatic rings. The smallest absolute Gasteiger partial charge is 0.348 e. The van der Waals surface area contributed by atoms with Crippen LogP contribution in [0, 0.1) is 0 Å². The molecule has 0 radical (unpaired) electrons. The Hall–Kier alpha value is -1.13. The lowest BCUT2D eigenvalue weighted by molar-refractivity contribution is 0.0606. The van der Waals surface area contributed by atoms with Crippen LogP contribution in [0.4, 0.5) is 0 Å². The van der Waals surface area contributed by atoms with E-state index in [0.717, 1.165) is 5.56 Å². The first-order chi connectivity index (χ1) is 6.29. The van der Waals surface area contributed by atoms with Crippen molar-refractivity contribution in [1.29, 1.82) is 0 Å². The van der Waals surface area contributed by atoms with Gasteiger partial charge in [-0.1, -0.05) is 12.2 Å². The van der Waals surface area contributed by atoms with Crippen molar-refractivity contribution >= 4 is 23.4 Å². The standard InChI is InChI=1S/C9H10O3S/c1-12-9(11)8-7(3-2-5-10)4-6-13-8/h2-4,6,10H,5H2,1H3/b3-2+. The minimum atomic E-state index is -0.340. The number of esters is 1. The van der Waals surface area contributed by atoms with Crippen LogP contribution >= 0.6 is 11.3 Å². The van der Waals surface area contributed by atoms with Gasteiger partial charge in [0.1, 0.15) is 4.88 Å². The van der Waals surface area contributed by atoms with E-state index >= 15 is 0 Å². The van der Waals surface area contributed by atoms with E-state index in [1.165, 1.54) is 18.4 Å². The van der Waals surface area contributed by atoms with E-state index in [2.05, 4.69) is 4.74 Å². The summed E-state index contributed by atoms with van der Waals surface area (Å²) in [6.45, 7) is -0.0313. The number of carbonyl (C=O) groups excluding carboxylic acids is 1. The van der Waals surface area contributed by atoms with Crippen molar-refractivity contribution in [3.05, 3.63) is 28.0 Å². The molecule has 0 aliphatic carbocycles. The van der Waals surface area contributed by atoms with Crippen LogP contribution in [0.25, 0.3) is 6.08 Å². The molecule has 70 valence electrons. The van der Waals surface area contributed by atoms with Gasteiger partial charge in [0, 0.05) is 0 Å². The fourth-order valence-electron chi connectivity index (χ4n) is 0.889. The van der Waals surface area contributed by atoms with Crippen LogP contribution in [-0.2, 0) is 4.74 Å². The maximum absolute atomic E-state index is 11.2. The molecule has 13 heavy (non-hydrogen) atoms. The summed E-state index contributed by atoms with van der Waals surface area (Å²) >= 11 is 1.33. The Bertz CT molecular complexity index is 314. The van der Waals surface area contributed by atoms with Crippen LogP contribution in [0.5, 0.6) is 0 Å². The highest BCUT2D eigenvalue weighted by Crippen LogP contribution is 2.18. The molecule has 1 rings (SSSR count). The summed E-state index contributed by atoms with van der Waals surface area (Å²) in [5.41, 5.74) is 0.783. The van der Waals surface area contributed by atoms with E-state index < -0.39 is 0 Å². The van der Waals surface area contributed by atoms with E-state index in [4.69, 9.17) is 5.11 Å². The maximum atomic E-state index is 11.2. The van der Waals surface area contributed by atoms with E-state index in [0.29, 0.717) is 4.88 Å². The Morgan fingerprint density at radius 2 is 2.54 bits per heavy atom. The summed E-state index contributed by atoms with van der Waals surface area (Å²) in [6.07, 6.45) is 3.28. The number of methoxy groups -OCH3 is 1. The molecule has 0 saturated carbocycles. The van der Waals surface area contributed by atoms with E-state index in [9.17, 15) is 4.79 Å². The first-order valence-corrected chi connectivity index (χ1v) is 4.60. The summed E-state index contributed by atoms with van der Waals surface area (Å²) in [5.74, 6) is -0.340. The van der Waals surface area contributed by atoms with Crippen LogP contribution in [0.15, 0.2) is 17.5 Å². The second-order valence-corrected chi connectivity index (χ2v) is 3.20. The van der Waals surface area contributed by atoms with Crippen LogP contribution < -0.4 is 0 Å². The number of ether oxygens (including phenoxy) is 1. The Labute approximate surface area is 80.3 Å². The number of aliphatic hydroxyl groups excluding tert-OH is 1. The first kappa shape index (κ1) is 9.95. The molecule has 0 atom stereocenters. The zero-order chi connectivity index (χ0) is 9.68. The van der Waals surface area contributed by atoms with Crippen LogP contribution in [0.3, 0.4) is 0 Å². The average molecular weight is 198 g/mol. The molecule has 0 aliphatic heterocycles. The molecule has 0 aromatic carbocycles. The molecule has 0 bridgehead atoms. The molecule has 1 aromatic rings. The molecule has 1 N–H and O–H groups in total. The minimum Gasteiger partial charge on any atom is -0.465 e. The number of hydrogen-bond donors (Lipinski definition) is 1. The van der Waals surface area contributed by atoms with Crippen molar-refractivity contribution in [3.8, 4) is 0 Å². The van der Waals surface area contributed by atoms with Gasteiger partial charge in [-0.25, -0.2) is 4.79 Å². The minimum absolute atomic E-state index is 0.0313. The molecule has 0 unspecified atom stereocenters. The Morgan fingerprint density at radius 1 is 1.77 bits per heavy atom. The van der Waals surface area contributed by atoms with Gasteiger partial charge in [0.2, 0.25) is 0 Å². The van der Waals surface area contributed by atoms with Gasteiger partial charge in [0.15, 0.2) is 0 Å². The van der Waals surface area contributed by atoms with Gasteiger partial charge in [-0.05, 0) is 17.0 Å². The monoisotopic (exact) mass is 198 g/mol. The topological polar surface area (TPSA) is 46.5 Å². The lowest BCUT2D eigenvalue weighted by Gasteiger charge is -1.95. The van der Waals surface area contributed by atoms with Gasteiger partial charge in [0.05, 0.1) is 13.7 Å². The van der Waals surface area contributed by atoms with Crippen molar-refractivity contribution < 1.29 is 14.6 Å². The highest BCUT2D eigenvalue weighted by molar-refractivity contribution is 7.12. The van der Waals surface area contributed by atoms with Crippen LogP contribution in [0.2, 0.25) is 0 Å². The first-order valence-electron chi connectivity index (χ1n) is 3.72. The molecule has 4 heteroatoms. The third-order valence-corrected chi connectivity index (χ3v) is 2.38. The lowest BCUT2D eigenvalue weighted by Crippen LogP contribution is -1.99. The molecular formula is C9H10O3S. The van der Waals surface area contributed by atoms with Gasteiger partial charge in [0.25, 0.3) is 0 Å². The summed E-state index contributed by atoms with van der Waals surface area (Å²) in [5, 5.41) is 10.4. The highest BCUT2D eigenvalue weighted by atomic mass is 32.1. The summed E-state index contributed by atoms with van der Waals surface area (Å²) in [7, 11) is 1.35. The zero-order valence-electron chi connectivity index (χ0n) is 7.19. The number of hydrogen-bond acceptors (Lipinski definition) is 4. The average Bonchev–Trinajstić information content (AvgIpc) is 2.61. The second-order valence-electron chi connectivity index (χ2n) is 2.28. The number of thiophene rings is 1. The number of carbonyl (C=O) groups is 1.